The van der Waals surface area contributed by atoms with Gasteiger partial charge in [-0.05, 0) is 55.1 Å². The lowest BCUT2D eigenvalue weighted by atomic mass is 9.58. The molecule has 3 rings (SSSR count). The van der Waals surface area contributed by atoms with Crippen LogP contribution in [0.15, 0.2) is 60.7 Å². The van der Waals surface area contributed by atoms with Gasteiger partial charge in [0.1, 0.15) is 0 Å². The van der Waals surface area contributed by atoms with Crippen molar-refractivity contribution in [3.05, 3.63) is 71.8 Å². The Morgan fingerprint density at radius 2 is 1.39 bits per heavy atom. The number of rotatable bonds is 12. The van der Waals surface area contributed by atoms with Gasteiger partial charge < -0.3 is 0 Å². The monoisotopic (exact) mass is 530 g/mol. The van der Waals surface area contributed by atoms with E-state index in [1.54, 1.807) is 11.1 Å². The number of hydrogen-bond acceptors (Lipinski definition) is 0. The molecule has 1 aliphatic carbocycles. The fourth-order valence-corrected chi connectivity index (χ4v) is 6.48. The van der Waals surface area contributed by atoms with Gasteiger partial charge in [-0.1, -0.05) is 142 Å². The first-order valence-corrected chi connectivity index (χ1v) is 14.2. The van der Waals surface area contributed by atoms with Gasteiger partial charge >= 0.3 is 0 Å². The van der Waals surface area contributed by atoms with Gasteiger partial charge in [0.2, 0.25) is 0 Å². The molecule has 0 radical (unpaired) electrons. The van der Waals surface area contributed by atoms with Gasteiger partial charge in [-0.3, -0.25) is 0 Å². The molecular formula is C30H43I. The van der Waals surface area contributed by atoms with Crippen LogP contribution in [0, 0.1) is 11.8 Å². The van der Waals surface area contributed by atoms with E-state index in [1.165, 1.54) is 77.0 Å². The lowest BCUT2D eigenvalue weighted by Gasteiger charge is -2.46. The van der Waals surface area contributed by atoms with Crippen LogP contribution in [0.4, 0.5) is 0 Å². The third-order valence-corrected chi connectivity index (χ3v) is 9.37. The molecule has 0 saturated heterocycles. The van der Waals surface area contributed by atoms with Crippen molar-refractivity contribution in [2.45, 2.75) is 100 Å². The Bertz CT molecular complexity index is 675. The van der Waals surface area contributed by atoms with Crippen LogP contribution < -0.4 is 0 Å². The van der Waals surface area contributed by atoms with Crippen molar-refractivity contribution in [2.24, 2.45) is 11.8 Å². The van der Waals surface area contributed by atoms with E-state index < -0.39 is 0 Å². The molecule has 0 N–H and O–H groups in total. The molecule has 1 atom stereocenters. The van der Waals surface area contributed by atoms with Crippen molar-refractivity contribution in [2.75, 3.05) is 0 Å². The summed E-state index contributed by atoms with van der Waals surface area (Å²) in [5, 5.41) is 0. The lowest BCUT2D eigenvalue weighted by molar-refractivity contribution is 0.178. The number of benzene rings is 2. The van der Waals surface area contributed by atoms with Crippen molar-refractivity contribution in [3.63, 3.8) is 0 Å². The Balaban J connectivity index is 1.88. The standard InChI is InChI=1S/C30H43I/c1-3-5-8-14-25-20-22-28(23-21-25)30(24-13-19-29(31)4-2,26-15-9-6-10-16-26)27-17-11-7-12-18-27/h6-7,9-12,15-18,25,28-29H,3-5,8,13-14,19-24H2,1-2H3. The summed E-state index contributed by atoms with van der Waals surface area (Å²) in [6.07, 6.45) is 16.5. The van der Waals surface area contributed by atoms with Crippen LogP contribution in [-0.2, 0) is 5.41 Å². The van der Waals surface area contributed by atoms with Gasteiger partial charge in [0, 0.05) is 9.34 Å². The fourth-order valence-electron chi connectivity index (χ4n) is 6.04. The van der Waals surface area contributed by atoms with E-state index in [1.807, 2.05) is 0 Å². The van der Waals surface area contributed by atoms with Crippen LogP contribution in [0.1, 0.15) is 102 Å². The van der Waals surface area contributed by atoms with E-state index in [-0.39, 0.29) is 5.41 Å². The third-order valence-electron chi connectivity index (χ3n) is 7.87. The number of halogens is 1. The summed E-state index contributed by atoms with van der Waals surface area (Å²) < 4.78 is 0.802. The molecule has 1 unspecified atom stereocenters. The Hall–Kier alpha value is -0.830. The molecule has 1 saturated carbocycles. The Kier molecular flexibility index (Phi) is 10.4. The molecule has 2 aromatic rings. The molecule has 170 valence electrons. The predicted octanol–water partition coefficient (Wildman–Crippen LogP) is 9.74. The number of hydrogen-bond donors (Lipinski definition) is 0. The maximum Gasteiger partial charge on any atom is 0.0231 e. The maximum atomic E-state index is 2.66. The van der Waals surface area contributed by atoms with Crippen LogP contribution in [0.3, 0.4) is 0 Å². The Labute approximate surface area is 205 Å². The normalized spacial score (nSPS) is 20.5. The molecule has 1 heteroatoms. The number of alkyl halides is 1. The van der Waals surface area contributed by atoms with Crippen LogP contribution in [0.2, 0.25) is 0 Å². The molecular weight excluding hydrogens is 487 g/mol. The van der Waals surface area contributed by atoms with Gasteiger partial charge in [-0.15, -0.1) is 0 Å². The first kappa shape index (κ1) is 24.8. The van der Waals surface area contributed by atoms with Gasteiger partial charge in [0.15, 0.2) is 0 Å². The zero-order valence-electron chi connectivity index (χ0n) is 19.9. The van der Waals surface area contributed by atoms with Gasteiger partial charge in [-0.2, -0.15) is 0 Å². The smallest absolute Gasteiger partial charge is 0.0231 e. The molecule has 0 spiro atoms. The Morgan fingerprint density at radius 1 is 0.806 bits per heavy atom. The van der Waals surface area contributed by atoms with Gasteiger partial charge in [0.25, 0.3) is 0 Å². The molecule has 2 aromatic carbocycles. The molecule has 0 amide bonds. The average molecular weight is 531 g/mol. The van der Waals surface area contributed by atoms with Gasteiger partial charge in [0.05, 0.1) is 0 Å². The highest BCUT2D eigenvalue weighted by atomic mass is 127. The van der Waals surface area contributed by atoms with Crippen molar-refractivity contribution in [3.8, 4) is 0 Å². The minimum Gasteiger partial charge on any atom is -0.0826 e. The molecule has 1 aliphatic rings. The minimum absolute atomic E-state index is 0.168. The van der Waals surface area contributed by atoms with Crippen molar-refractivity contribution >= 4 is 22.6 Å². The highest BCUT2D eigenvalue weighted by Gasteiger charge is 2.42. The van der Waals surface area contributed by atoms with E-state index in [2.05, 4.69) is 97.1 Å². The summed E-state index contributed by atoms with van der Waals surface area (Å²) in [7, 11) is 0. The lowest BCUT2D eigenvalue weighted by Crippen LogP contribution is -2.39. The van der Waals surface area contributed by atoms with Gasteiger partial charge in [-0.25, -0.2) is 0 Å². The fraction of sp³-hybridized carbons (Fsp3) is 0.600. The largest absolute Gasteiger partial charge is 0.0826 e. The van der Waals surface area contributed by atoms with Crippen molar-refractivity contribution in [1.82, 2.24) is 0 Å². The van der Waals surface area contributed by atoms with E-state index in [4.69, 9.17) is 0 Å². The van der Waals surface area contributed by atoms with Crippen molar-refractivity contribution < 1.29 is 0 Å². The summed E-state index contributed by atoms with van der Waals surface area (Å²) in [5.41, 5.74) is 3.27. The Morgan fingerprint density at radius 3 is 1.90 bits per heavy atom. The zero-order valence-corrected chi connectivity index (χ0v) is 22.0. The first-order chi connectivity index (χ1) is 15.2. The zero-order chi connectivity index (χ0) is 21.9. The molecule has 0 bridgehead atoms. The summed E-state index contributed by atoms with van der Waals surface area (Å²) in [6, 6.07) is 23.1. The molecule has 0 nitrogen and oxygen atoms in total. The summed E-state index contributed by atoms with van der Waals surface area (Å²) >= 11 is 2.66. The van der Waals surface area contributed by atoms with E-state index in [0.717, 1.165) is 15.8 Å². The van der Waals surface area contributed by atoms with Crippen molar-refractivity contribution in [1.29, 1.82) is 0 Å². The second-order valence-corrected chi connectivity index (χ2v) is 11.6. The first-order valence-electron chi connectivity index (χ1n) is 13.0. The average Bonchev–Trinajstić information content (AvgIpc) is 2.83. The number of unbranched alkanes of at least 4 members (excludes halogenated alkanes) is 2. The predicted molar refractivity (Wildman–Crippen MR) is 145 cm³/mol. The highest BCUT2D eigenvalue weighted by Crippen LogP contribution is 2.50. The molecule has 0 aliphatic heterocycles. The summed E-state index contributed by atoms with van der Waals surface area (Å²) in [5.74, 6) is 1.72. The SMILES string of the molecule is CCCCCC1CCC(C(CCCC(I)CC)(c2ccccc2)c2ccccc2)CC1. The van der Waals surface area contributed by atoms with Crippen LogP contribution >= 0.6 is 22.6 Å². The van der Waals surface area contributed by atoms with E-state index in [0.29, 0.717) is 0 Å². The second kappa shape index (κ2) is 13.0. The highest BCUT2D eigenvalue weighted by molar-refractivity contribution is 14.1. The minimum atomic E-state index is 0.168. The molecule has 0 heterocycles. The van der Waals surface area contributed by atoms with E-state index >= 15 is 0 Å². The topological polar surface area (TPSA) is 0 Å². The maximum absolute atomic E-state index is 2.66. The molecule has 0 aromatic heterocycles. The van der Waals surface area contributed by atoms with E-state index in [9.17, 15) is 0 Å². The van der Waals surface area contributed by atoms with Crippen LogP contribution in [0.25, 0.3) is 0 Å². The summed E-state index contributed by atoms with van der Waals surface area (Å²) in [4.78, 5) is 0. The third kappa shape index (κ3) is 6.59. The second-order valence-electron chi connectivity index (χ2n) is 9.81. The quantitative estimate of drug-likeness (QED) is 0.146. The van der Waals surface area contributed by atoms with Crippen LogP contribution in [0.5, 0.6) is 0 Å². The van der Waals surface area contributed by atoms with Crippen LogP contribution in [-0.4, -0.2) is 3.92 Å². The molecule has 1 fully saturated rings. The summed E-state index contributed by atoms with van der Waals surface area (Å²) in [6.45, 7) is 4.66. The molecule has 31 heavy (non-hydrogen) atoms.